The number of aliphatic hydroxyl groups is 6. The Balaban J connectivity index is 1.28. The molecule has 0 radical (unpaired) electrons. The lowest BCUT2D eigenvalue weighted by atomic mass is 9.76. The Kier molecular flexibility index (Phi) is 11.8. The molecule has 18 nitrogen and oxygen atoms in total. The van der Waals surface area contributed by atoms with Crippen LogP contribution in [0.2, 0.25) is 0 Å². The molecule has 11 N–H and O–H groups in total. The molecule has 1 amide bonds. The molecule has 5 aliphatic rings. The van der Waals surface area contributed by atoms with Crippen LogP contribution in [-0.2, 0) is 27.4 Å². The van der Waals surface area contributed by atoms with Crippen molar-refractivity contribution in [3.8, 4) is 11.5 Å². The van der Waals surface area contributed by atoms with E-state index in [0.717, 1.165) is 6.42 Å². The van der Waals surface area contributed by atoms with Crippen LogP contribution >= 0.6 is 0 Å². The van der Waals surface area contributed by atoms with Crippen LogP contribution in [0.5, 0.6) is 11.5 Å². The zero-order valence-corrected chi connectivity index (χ0v) is 32.5. The second-order valence-electron chi connectivity index (χ2n) is 16.1. The predicted molar refractivity (Wildman–Crippen MR) is 210 cm³/mol. The summed E-state index contributed by atoms with van der Waals surface area (Å²) in [6.07, 6.45) is -8.72. The van der Waals surface area contributed by atoms with E-state index in [4.69, 9.17) is 19.9 Å². The smallest absolute Gasteiger partial charge is 0.242 e. The van der Waals surface area contributed by atoms with Crippen molar-refractivity contribution in [1.29, 1.82) is 0 Å². The van der Waals surface area contributed by atoms with Crippen molar-refractivity contribution in [3.63, 3.8) is 0 Å². The third kappa shape index (κ3) is 7.57. The van der Waals surface area contributed by atoms with Gasteiger partial charge in [-0.05, 0) is 48.2 Å². The topological polar surface area (TPSA) is 283 Å². The van der Waals surface area contributed by atoms with Gasteiger partial charge in [-0.2, -0.15) is 0 Å². The van der Waals surface area contributed by atoms with Crippen LogP contribution in [0.25, 0.3) is 0 Å². The van der Waals surface area contributed by atoms with Crippen LogP contribution in [0, 0.1) is 0 Å². The van der Waals surface area contributed by atoms with E-state index < -0.39 is 85.7 Å². The van der Waals surface area contributed by atoms with Crippen LogP contribution < -0.4 is 36.1 Å². The fraction of sp³-hybridized carbons (Fsp3) is 0.476. The average Bonchev–Trinajstić information content (AvgIpc) is 3.66. The monoisotopic (exact) mass is 831 g/mol. The number of hydrogen-bond donors (Lipinski definition) is 10. The first-order valence-corrected chi connectivity index (χ1v) is 20.1. The SMILES string of the molecule is N[C@H]1NC(=O)[C@H]2NCN(c3ccccc3Cc3cc4c(c(OC[C@H](O)CC=O)c3O[C@H]3O[C@@H](C5(O)CCCCC5)[C@H](O)[C@@H](O)[C@@H]3O)C(=O)c3cc(CO)ccc3C4=O)[C@@H]2N1. The van der Waals surface area contributed by atoms with Gasteiger partial charge in [0.15, 0.2) is 23.1 Å². The number of anilines is 1. The molecule has 4 fully saturated rings. The van der Waals surface area contributed by atoms with E-state index in [-0.39, 0.29) is 77.6 Å². The highest BCUT2D eigenvalue weighted by molar-refractivity contribution is 6.29. The van der Waals surface area contributed by atoms with Gasteiger partial charge < -0.3 is 59.9 Å². The number of nitrogens with one attached hydrogen (secondary N) is 3. The molecule has 9 atom stereocenters. The maximum Gasteiger partial charge on any atom is 0.242 e. The largest absolute Gasteiger partial charge is 0.486 e. The number of amides is 1. The molecule has 3 saturated heterocycles. The lowest BCUT2D eigenvalue weighted by Crippen LogP contribution is -2.70. The zero-order valence-electron chi connectivity index (χ0n) is 32.5. The zero-order chi connectivity index (χ0) is 42.5. The van der Waals surface area contributed by atoms with E-state index in [1.807, 2.05) is 17.0 Å². The summed E-state index contributed by atoms with van der Waals surface area (Å²) < 4.78 is 18.9. The third-order valence-corrected chi connectivity index (χ3v) is 12.1. The number of aldehydes is 1. The van der Waals surface area contributed by atoms with E-state index in [1.54, 1.807) is 12.1 Å². The van der Waals surface area contributed by atoms with Crippen LogP contribution in [0.4, 0.5) is 5.69 Å². The maximum atomic E-state index is 14.6. The van der Waals surface area contributed by atoms with Gasteiger partial charge in [0.1, 0.15) is 55.8 Å². The molecule has 18 heteroatoms. The summed E-state index contributed by atoms with van der Waals surface area (Å²) in [6, 6.07) is 12.4. The molecule has 0 spiro atoms. The molecular weight excluding hydrogens is 782 g/mol. The number of aliphatic hydroxyl groups excluding tert-OH is 5. The molecule has 2 aliphatic carbocycles. The lowest BCUT2D eigenvalue weighted by Gasteiger charge is -2.48. The average molecular weight is 832 g/mol. The molecule has 3 aliphatic heterocycles. The number of para-hydroxylation sites is 1. The fourth-order valence-electron chi connectivity index (χ4n) is 9.02. The molecule has 0 aromatic heterocycles. The summed E-state index contributed by atoms with van der Waals surface area (Å²) in [5.74, 6) is -2.12. The first kappa shape index (κ1) is 41.9. The summed E-state index contributed by atoms with van der Waals surface area (Å²) in [5.41, 5.74) is 6.05. The van der Waals surface area contributed by atoms with Gasteiger partial charge in [-0.1, -0.05) is 43.5 Å². The van der Waals surface area contributed by atoms with Gasteiger partial charge in [0.05, 0.1) is 30.5 Å². The predicted octanol–water partition coefficient (Wildman–Crippen LogP) is -1.22. The number of nitrogens with zero attached hydrogens (tertiary/aromatic N) is 1. The Morgan fingerprint density at radius 1 is 0.933 bits per heavy atom. The first-order chi connectivity index (χ1) is 28.8. The lowest BCUT2D eigenvalue weighted by molar-refractivity contribution is -0.308. The van der Waals surface area contributed by atoms with E-state index in [1.165, 1.54) is 24.3 Å². The highest BCUT2D eigenvalue weighted by atomic mass is 16.7. The van der Waals surface area contributed by atoms with E-state index >= 15 is 0 Å². The molecule has 3 heterocycles. The second-order valence-corrected chi connectivity index (χ2v) is 16.1. The normalized spacial score (nSPS) is 28.9. The van der Waals surface area contributed by atoms with Crippen molar-refractivity contribution < 1.29 is 64.0 Å². The molecule has 0 bridgehead atoms. The van der Waals surface area contributed by atoms with Gasteiger partial charge in [0.2, 0.25) is 12.2 Å². The second kappa shape index (κ2) is 16.9. The number of carbonyl (C=O) groups excluding carboxylic acids is 4. The minimum absolute atomic E-state index is 0.0354. The Hall–Kier alpha value is -4.86. The Morgan fingerprint density at radius 3 is 2.45 bits per heavy atom. The number of fused-ring (bicyclic) bond motifs is 3. The van der Waals surface area contributed by atoms with Gasteiger partial charge in [0, 0.05) is 40.8 Å². The summed E-state index contributed by atoms with van der Waals surface area (Å²) in [4.78, 5) is 55.1. The van der Waals surface area contributed by atoms with Gasteiger partial charge in [-0.15, -0.1) is 0 Å². The third-order valence-electron chi connectivity index (χ3n) is 12.1. The molecule has 3 aromatic rings. The minimum Gasteiger partial charge on any atom is -0.486 e. The van der Waals surface area contributed by atoms with Crippen LogP contribution in [0.1, 0.15) is 87.1 Å². The van der Waals surface area contributed by atoms with E-state index in [2.05, 4.69) is 16.0 Å². The molecule has 8 rings (SSSR count). The van der Waals surface area contributed by atoms with Gasteiger partial charge in [-0.3, -0.25) is 30.8 Å². The molecule has 1 saturated carbocycles. The van der Waals surface area contributed by atoms with Crippen LogP contribution in [0.3, 0.4) is 0 Å². The van der Waals surface area contributed by atoms with Crippen molar-refractivity contribution in [2.24, 2.45) is 5.73 Å². The first-order valence-electron chi connectivity index (χ1n) is 20.1. The number of nitrogens with two attached hydrogens (primary N) is 1. The van der Waals surface area contributed by atoms with Gasteiger partial charge >= 0.3 is 0 Å². The number of ketones is 2. The molecule has 0 unspecified atom stereocenters. The Bertz CT molecular complexity index is 2160. The number of rotatable bonds is 12. The molecule has 60 heavy (non-hydrogen) atoms. The van der Waals surface area contributed by atoms with Crippen molar-refractivity contribution in [3.05, 3.63) is 87.5 Å². The highest BCUT2D eigenvalue weighted by Gasteiger charge is 2.54. The summed E-state index contributed by atoms with van der Waals surface area (Å²) in [6.45, 7) is -0.739. The van der Waals surface area contributed by atoms with E-state index in [9.17, 15) is 49.8 Å². The number of ether oxygens (including phenoxy) is 3. The molecule has 320 valence electrons. The maximum absolute atomic E-state index is 14.6. The fourth-order valence-corrected chi connectivity index (χ4v) is 9.02. The van der Waals surface area contributed by atoms with Gasteiger partial charge in [-0.25, -0.2) is 0 Å². The number of benzene rings is 3. The minimum atomic E-state index is -1.90. The van der Waals surface area contributed by atoms with Crippen molar-refractivity contribution in [2.45, 2.75) is 112 Å². The summed E-state index contributed by atoms with van der Waals surface area (Å²) >= 11 is 0. The Labute approximate surface area is 344 Å². The molecular formula is C42H49N5O13. The number of carbonyl (C=O) groups is 4. The van der Waals surface area contributed by atoms with Crippen molar-refractivity contribution in [1.82, 2.24) is 16.0 Å². The highest BCUT2D eigenvalue weighted by Crippen LogP contribution is 2.46. The quantitative estimate of drug-likeness (QED) is 0.0749. The summed E-state index contributed by atoms with van der Waals surface area (Å²) in [5, 5.41) is 75.1. The number of hydrogen-bond acceptors (Lipinski definition) is 17. The van der Waals surface area contributed by atoms with Crippen molar-refractivity contribution >= 4 is 29.4 Å². The summed E-state index contributed by atoms with van der Waals surface area (Å²) in [7, 11) is 0. The standard InChI is InChI=1S/C42H49N5O13/c43-41-45-38-29(39(56)46-41)44-19-47(38)27-7-3-2-6-21(27)15-22-16-26-28(31(52)25-14-20(17-49)8-9-24(25)30(26)51)36(58-18-23(50)10-13-48)35(22)59-40-34(55)32(53)33(54)37(60-40)42(57)11-4-1-5-12-42/h2-3,6-9,13-14,16,23,29,32-34,37-38,40-41,44-45,49-50,53-55,57H,1,4-5,10-12,15,17-19,43H2,(H,46,56)/t23-,29+,32-,33-,34+,37-,38+,40+,41-/m1/s1. The Morgan fingerprint density at radius 2 is 1.70 bits per heavy atom. The molecule has 3 aromatic carbocycles. The van der Waals surface area contributed by atoms with Crippen molar-refractivity contribution in [2.75, 3.05) is 18.2 Å². The van der Waals surface area contributed by atoms with Crippen LogP contribution in [0.15, 0.2) is 48.5 Å². The van der Waals surface area contributed by atoms with Gasteiger partial charge in [0.25, 0.3) is 0 Å². The van der Waals surface area contributed by atoms with Crippen LogP contribution in [-0.4, -0.2) is 129 Å². The van der Waals surface area contributed by atoms with E-state index in [0.29, 0.717) is 35.9 Å².